The third kappa shape index (κ3) is 2.33. The molecule has 0 aromatic heterocycles. The molecule has 0 atom stereocenters. The molecule has 1 aromatic carbocycles. The average molecular weight is 262 g/mol. The number of unbranched alkanes of at least 4 members (excludes halogenated alkanes) is 2. The maximum absolute atomic E-state index is 11.6. The highest BCUT2D eigenvalue weighted by Gasteiger charge is 2.36. The first-order valence-electron chi connectivity index (χ1n) is 6.22. The van der Waals surface area contributed by atoms with Crippen LogP contribution in [0.1, 0.15) is 52.5 Å². The van der Waals surface area contributed by atoms with Gasteiger partial charge >= 0.3 is 0 Å². The van der Waals surface area contributed by atoms with E-state index in [1.807, 2.05) is 6.92 Å². The van der Waals surface area contributed by atoms with Gasteiger partial charge in [0.05, 0.1) is 10.5 Å². The van der Waals surface area contributed by atoms with E-state index in [0.29, 0.717) is 12.0 Å². The largest absolute Gasteiger partial charge is 0.288 e. The molecule has 1 aromatic rings. The van der Waals surface area contributed by atoms with Crippen molar-refractivity contribution in [2.24, 2.45) is 0 Å². The molecule has 0 fully saturated rings. The Bertz CT molecular complexity index is 566. The maximum Gasteiger partial charge on any atom is 0.286 e. The summed E-state index contributed by atoms with van der Waals surface area (Å²) in [6.07, 6.45) is 3.35. The highest BCUT2D eigenvalue weighted by atomic mass is 16.6. The highest BCUT2D eigenvalue weighted by molar-refractivity contribution is 6.23. The fourth-order valence-electron chi connectivity index (χ4n) is 2.26. The highest BCUT2D eigenvalue weighted by Crippen LogP contribution is 2.31. The Labute approximate surface area is 110 Å². The zero-order valence-electron chi connectivity index (χ0n) is 10.6. The second kappa shape index (κ2) is 5.17. The zero-order chi connectivity index (χ0) is 14.0. The average Bonchev–Trinajstić information content (AvgIpc) is 2.65. The van der Waals surface area contributed by atoms with E-state index in [4.69, 9.17) is 0 Å². The predicted octanol–water partition coefficient (Wildman–Crippen LogP) is 2.21. The summed E-state index contributed by atoms with van der Waals surface area (Å²) in [6, 6.07) is 3.06. The van der Waals surface area contributed by atoms with Gasteiger partial charge in [0.25, 0.3) is 17.5 Å². The molecule has 1 aliphatic rings. The molecule has 2 rings (SSSR count). The number of carbonyl (C=O) groups excluding carboxylic acids is 2. The number of hydrogen-bond acceptors (Lipinski definition) is 4. The zero-order valence-corrected chi connectivity index (χ0v) is 10.6. The van der Waals surface area contributed by atoms with Crippen molar-refractivity contribution < 1.29 is 14.5 Å². The topological polar surface area (TPSA) is 89.3 Å². The Morgan fingerprint density at radius 1 is 1.21 bits per heavy atom. The van der Waals surface area contributed by atoms with Crippen LogP contribution in [0.15, 0.2) is 12.1 Å². The number of nitrogens with one attached hydrogen (secondary N) is 1. The summed E-state index contributed by atoms with van der Waals surface area (Å²) in [6.45, 7) is 2.04. The second-order valence-electron chi connectivity index (χ2n) is 4.49. The number of fused-ring (bicyclic) bond motifs is 1. The lowest BCUT2D eigenvalue weighted by Gasteiger charge is -2.05. The minimum absolute atomic E-state index is 0.0935. The quantitative estimate of drug-likeness (QED) is 0.381. The van der Waals surface area contributed by atoms with Crippen LogP contribution in [0.2, 0.25) is 0 Å². The Kier molecular flexibility index (Phi) is 3.59. The minimum atomic E-state index is -0.677. The number of carbonyl (C=O) groups is 2. The molecule has 0 aliphatic carbocycles. The molecule has 19 heavy (non-hydrogen) atoms. The fraction of sp³-hybridized carbons (Fsp3) is 0.385. The molecule has 1 aliphatic heterocycles. The van der Waals surface area contributed by atoms with Crippen LogP contribution in [-0.4, -0.2) is 16.7 Å². The molecule has 0 saturated carbocycles. The molecule has 0 unspecified atom stereocenters. The molecule has 0 spiro atoms. The lowest BCUT2D eigenvalue weighted by Crippen LogP contribution is -2.20. The number of aryl methyl sites for hydroxylation is 1. The molecular weight excluding hydrogens is 248 g/mol. The summed E-state index contributed by atoms with van der Waals surface area (Å²) < 4.78 is 0. The van der Waals surface area contributed by atoms with E-state index in [1.54, 1.807) is 6.07 Å². The SMILES string of the molecule is CCCCCc1ccc2c(c1[N+](=O)[O-])C(=O)NC2=O. The number of nitro groups is 1. The predicted molar refractivity (Wildman–Crippen MR) is 68.1 cm³/mol. The van der Waals surface area contributed by atoms with E-state index in [-0.39, 0.29) is 16.8 Å². The summed E-state index contributed by atoms with van der Waals surface area (Å²) in [7, 11) is 0. The van der Waals surface area contributed by atoms with Crippen molar-refractivity contribution in [3.8, 4) is 0 Å². The molecular formula is C13H14N2O4. The number of nitro benzene ring substituents is 1. The van der Waals surface area contributed by atoms with E-state index >= 15 is 0 Å². The monoisotopic (exact) mass is 262 g/mol. The van der Waals surface area contributed by atoms with Gasteiger partial charge in [-0.1, -0.05) is 25.8 Å². The van der Waals surface area contributed by atoms with Gasteiger partial charge in [-0.2, -0.15) is 0 Å². The van der Waals surface area contributed by atoms with Crippen molar-refractivity contribution in [1.82, 2.24) is 5.32 Å². The first kappa shape index (κ1) is 13.2. The van der Waals surface area contributed by atoms with Crippen molar-refractivity contribution in [2.45, 2.75) is 32.6 Å². The van der Waals surface area contributed by atoms with Gasteiger partial charge in [0.2, 0.25) is 0 Å². The first-order chi connectivity index (χ1) is 9.06. The number of imide groups is 1. The Morgan fingerprint density at radius 2 is 1.95 bits per heavy atom. The van der Waals surface area contributed by atoms with Crippen LogP contribution in [0, 0.1) is 10.1 Å². The van der Waals surface area contributed by atoms with Crippen LogP contribution in [-0.2, 0) is 6.42 Å². The van der Waals surface area contributed by atoms with Crippen LogP contribution in [0.4, 0.5) is 5.69 Å². The molecule has 6 nitrogen and oxygen atoms in total. The first-order valence-corrected chi connectivity index (χ1v) is 6.22. The van der Waals surface area contributed by atoms with E-state index in [0.717, 1.165) is 19.3 Å². The minimum Gasteiger partial charge on any atom is -0.288 e. The van der Waals surface area contributed by atoms with Crippen molar-refractivity contribution in [3.63, 3.8) is 0 Å². The molecule has 2 amide bonds. The normalized spacial score (nSPS) is 13.3. The molecule has 1 N–H and O–H groups in total. The summed E-state index contributed by atoms with van der Waals surface area (Å²) in [5.74, 6) is -1.24. The van der Waals surface area contributed by atoms with Gasteiger partial charge in [-0.05, 0) is 18.9 Å². The van der Waals surface area contributed by atoms with E-state index in [1.165, 1.54) is 6.07 Å². The lowest BCUT2D eigenvalue weighted by atomic mass is 9.98. The summed E-state index contributed by atoms with van der Waals surface area (Å²) >= 11 is 0. The molecule has 100 valence electrons. The number of rotatable bonds is 5. The molecule has 0 saturated heterocycles. The smallest absolute Gasteiger partial charge is 0.286 e. The van der Waals surface area contributed by atoms with Gasteiger partial charge in [-0.3, -0.25) is 25.0 Å². The molecule has 1 heterocycles. The Balaban J connectivity index is 2.47. The summed E-state index contributed by atoms with van der Waals surface area (Å²) in [5, 5.41) is 13.3. The van der Waals surface area contributed by atoms with Crippen molar-refractivity contribution in [2.75, 3.05) is 0 Å². The van der Waals surface area contributed by atoms with Crippen LogP contribution >= 0.6 is 0 Å². The van der Waals surface area contributed by atoms with Gasteiger partial charge in [0.15, 0.2) is 0 Å². The standard InChI is InChI=1S/C13H14N2O4/c1-2-3-4-5-8-6-7-9-10(11(8)15(18)19)13(17)14-12(9)16/h6-7H,2-5H2,1H3,(H,14,16,17). The van der Waals surface area contributed by atoms with Gasteiger partial charge < -0.3 is 0 Å². The van der Waals surface area contributed by atoms with Gasteiger partial charge in [0.1, 0.15) is 5.56 Å². The van der Waals surface area contributed by atoms with Crippen molar-refractivity contribution in [3.05, 3.63) is 38.9 Å². The van der Waals surface area contributed by atoms with E-state index in [9.17, 15) is 19.7 Å². The van der Waals surface area contributed by atoms with E-state index in [2.05, 4.69) is 5.32 Å². The van der Waals surface area contributed by atoms with Crippen molar-refractivity contribution >= 4 is 17.5 Å². The molecule has 0 radical (unpaired) electrons. The number of nitrogens with zero attached hydrogens (tertiary/aromatic N) is 1. The third-order valence-electron chi connectivity index (χ3n) is 3.19. The van der Waals surface area contributed by atoms with E-state index < -0.39 is 16.7 Å². The maximum atomic E-state index is 11.6. The number of benzene rings is 1. The van der Waals surface area contributed by atoms with Crippen LogP contribution in [0.5, 0.6) is 0 Å². The molecule has 0 bridgehead atoms. The van der Waals surface area contributed by atoms with Gasteiger partial charge in [-0.15, -0.1) is 0 Å². The van der Waals surface area contributed by atoms with Crippen molar-refractivity contribution in [1.29, 1.82) is 0 Å². The summed E-state index contributed by atoms with van der Waals surface area (Å²) in [5.41, 5.74) is 0.291. The van der Waals surface area contributed by atoms with Crippen LogP contribution in [0.25, 0.3) is 0 Å². The van der Waals surface area contributed by atoms with Crippen LogP contribution in [0.3, 0.4) is 0 Å². The van der Waals surface area contributed by atoms with Gasteiger partial charge in [0, 0.05) is 5.56 Å². The number of amides is 2. The number of hydrogen-bond donors (Lipinski definition) is 1. The lowest BCUT2D eigenvalue weighted by molar-refractivity contribution is -0.385. The molecule has 6 heteroatoms. The third-order valence-corrected chi connectivity index (χ3v) is 3.19. The van der Waals surface area contributed by atoms with Gasteiger partial charge in [-0.25, -0.2) is 0 Å². The van der Waals surface area contributed by atoms with Crippen LogP contribution < -0.4 is 5.32 Å². The Morgan fingerprint density at radius 3 is 2.58 bits per heavy atom. The Hall–Kier alpha value is -2.24. The fourth-order valence-corrected chi connectivity index (χ4v) is 2.26. The summed E-state index contributed by atoms with van der Waals surface area (Å²) in [4.78, 5) is 33.7. The second-order valence-corrected chi connectivity index (χ2v) is 4.49.